The van der Waals surface area contributed by atoms with Gasteiger partial charge < -0.3 is 5.32 Å². The highest BCUT2D eigenvalue weighted by Gasteiger charge is 2.17. The number of nitrogens with zero attached hydrogens (tertiary/aromatic N) is 2. The van der Waals surface area contributed by atoms with Crippen LogP contribution in [0.25, 0.3) is 0 Å². The summed E-state index contributed by atoms with van der Waals surface area (Å²) in [6.07, 6.45) is 4.89. The summed E-state index contributed by atoms with van der Waals surface area (Å²) in [5.74, 6) is -0.204. The summed E-state index contributed by atoms with van der Waals surface area (Å²) < 4.78 is 14.0. The molecule has 0 aliphatic heterocycles. The molecule has 4 heteroatoms. The zero-order valence-corrected chi connectivity index (χ0v) is 10.5. The fourth-order valence-electron chi connectivity index (χ4n) is 1.94. The molecular weight excluding hydrogens is 229 g/mol. The molecule has 0 spiro atoms. The van der Waals surface area contributed by atoms with Crippen LogP contribution in [0.1, 0.15) is 29.7 Å². The lowest BCUT2D eigenvalue weighted by molar-refractivity contribution is 0.556. The lowest BCUT2D eigenvalue weighted by Gasteiger charge is -2.19. The second-order valence-electron chi connectivity index (χ2n) is 4.19. The Bertz CT molecular complexity index is 514. The molecule has 0 fully saturated rings. The Balaban J connectivity index is 2.41. The van der Waals surface area contributed by atoms with E-state index in [1.165, 1.54) is 6.33 Å². The minimum atomic E-state index is -0.211. The van der Waals surface area contributed by atoms with Crippen LogP contribution in [-0.4, -0.2) is 16.5 Å². The molecule has 0 amide bonds. The minimum Gasteiger partial charge on any atom is -0.306 e. The largest absolute Gasteiger partial charge is 0.306 e. The third kappa shape index (κ3) is 2.71. The maximum Gasteiger partial charge on any atom is 0.128 e. The first-order chi connectivity index (χ1) is 8.72. The summed E-state index contributed by atoms with van der Waals surface area (Å²) in [6, 6.07) is 5.05. The quantitative estimate of drug-likeness (QED) is 0.899. The van der Waals surface area contributed by atoms with Gasteiger partial charge in [0.15, 0.2) is 0 Å². The van der Waals surface area contributed by atoms with Gasteiger partial charge in [0.25, 0.3) is 0 Å². The molecule has 0 aliphatic rings. The van der Waals surface area contributed by atoms with Gasteiger partial charge in [0, 0.05) is 23.5 Å². The van der Waals surface area contributed by atoms with Crippen LogP contribution in [0, 0.1) is 12.7 Å². The Labute approximate surface area is 106 Å². The number of aryl methyl sites for hydroxylation is 1. The second kappa shape index (κ2) is 5.69. The van der Waals surface area contributed by atoms with Crippen LogP contribution in [0.15, 0.2) is 36.9 Å². The Kier molecular flexibility index (Phi) is 3.99. The molecule has 2 rings (SSSR count). The number of benzene rings is 1. The van der Waals surface area contributed by atoms with Gasteiger partial charge in [-0.15, -0.1) is 0 Å². The van der Waals surface area contributed by atoms with Gasteiger partial charge in [-0.25, -0.2) is 14.4 Å². The van der Waals surface area contributed by atoms with E-state index < -0.39 is 0 Å². The predicted octanol–water partition coefficient (Wildman–Crippen LogP) is 2.62. The fraction of sp³-hybridized carbons (Fsp3) is 0.286. The van der Waals surface area contributed by atoms with Gasteiger partial charge in [-0.05, 0) is 25.1 Å². The van der Waals surface area contributed by atoms with E-state index in [4.69, 9.17) is 0 Å². The molecule has 1 N–H and O–H groups in total. The first-order valence-electron chi connectivity index (χ1n) is 5.96. The third-order valence-corrected chi connectivity index (χ3v) is 2.79. The maximum atomic E-state index is 14.0. The van der Waals surface area contributed by atoms with Crippen LogP contribution in [0.5, 0.6) is 0 Å². The van der Waals surface area contributed by atoms with Gasteiger partial charge in [0.1, 0.15) is 12.1 Å². The van der Waals surface area contributed by atoms with E-state index in [0.717, 1.165) is 17.7 Å². The Morgan fingerprint density at radius 2 is 2.00 bits per heavy atom. The molecule has 1 aromatic heterocycles. The lowest BCUT2D eigenvalue weighted by atomic mass is 9.99. The highest BCUT2D eigenvalue weighted by atomic mass is 19.1. The molecule has 0 radical (unpaired) electrons. The van der Waals surface area contributed by atoms with Crippen molar-refractivity contribution in [2.75, 3.05) is 6.54 Å². The predicted molar refractivity (Wildman–Crippen MR) is 68.7 cm³/mol. The molecule has 1 heterocycles. The number of nitrogens with one attached hydrogen (secondary N) is 1. The molecule has 1 atom stereocenters. The molecular formula is C14H16FN3. The average molecular weight is 245 g/mol. The van der Waals surface area contributed by atoms with Crippen LogP contribution in [0.2, 0.25) is 0 Å². The van der Waals surface area contributed by atoms with Gasteiger partial charge in [-0.1, -0.05) is 19.1 Å². The van der Waals surface area contributed by atoms with Crippen LogP contribution in [0.3, 0.4) is 0 Å². The zero-order valence-electron chi connectivity index (χ0n) is 10.5. The zero-order chi connectivity index (χ0) is 13.0. The molecule has 0 aliphatic carbocycles. The van der Waals surface area contributed by atoms with Crippen LogP contribution in [0.4, 0.5) is 4.39 Å². The van der Waals surface area contributed by atoms with Crippen LogP contribution >= 0.6 is 0 Å². The van der Waals surface area contributed by atoms with E-state index in [2.05, 4.69) is 15.3 Å². The van der Waals surface area contributed by atoms with Crippen molar-refractivity contribution >= 4 is 0 Å². The minimum absolute atomic E-state index is 0.204. The first kappa shape index (κ1) is 12.6. The number of hydrogen-bond donors (Lipinski definition) is 1. The fourth-order valence-corrected chi connectivity index (χ4v) is 1.94. The van der Waals surface area contributed by atoms with Crippen molar-refractivity contribution in [2.24, 2.45) is 0 Å². The Hall–Kier alpha value is -1.81. The average Bonchev–Trinajstić information content (AvgIpc) is 2.38. The Morgan fingerprint density at radius 3 is 2.61 bits per heavy atom. The summed E-state index contributed by atoms with van der Waals surface area (Å²) in [5.41, 5.74) is 2.40. The van der Waals surface area contributed by atoms with Gasteiger partial charge in [0.05, 0.1) is 6.04 Å². The number of aromatic nitrogens is 2. The topological polar surface area (TPSA) is 37.8 Å². The van der Waals surface area contributed by atoms with Crippen molar-refractivity contribution < 1.29 is 4.39 Å². The highest BCUT2D eigenvalue weighted by molar-refractivity contribution is 5.32. The van der Waals surface area contributed by atoms with E-state index in [-0.39, 0.29) is 11.9 Å². The molecule has 0 bridgehead atoms. The van der Waals surface area contributed by atoms with E-state index in [1.807, 2.05) is 26.0 Å². The molecule has 1 unspecified atom stereocenters. The van der Waals surface area contributed by atoms with Crippen LogP contribution < -0.4 is 5.32 Å². The van der Waals surface area contributed by atoms with Crippen molar-refractivity contribution in [1.29, 1.82) is 0 Å². The smallest absolute Gasteiger partial charge is 0.128 e. The number of rotatable bonds is 4. The van der Waals surface area contributed by atoms with Crippen LogP contribution in [-0.2, 0) is 0 Å². The SMILES string of the molecule is CCNC(c1cncnc1)c1ccc(C)cc1F. The molecule has 2 aromatic rings. The van der Waals surface area contributed by atoms with E-state index in [9.17, 15) is 4.39 Å². The van der Waals surface area contributed by atoms with E-state index >= 15 is 0 Å². The number of halogens is 1. The Morgan fingerprint density at radius 1 is 1.28 bits per heavy atom. The summed E-state index contributed by atoms with van der Waals surface area (Å²) in [4.78, 5) is 7.97. The van der Waals surface area contributed by atoms with Gasteiger partial charge in [0.2, 0.25) is 0 Å². The summed E-state index contributed by atoms with van der Waals surface area (Å²) in [6.45, 7) is 4.61. The highest BCUT2D eigenvalue weighted by Crippen LogP contribution is 2.24. The molecule has 18 heavy (non-hydrogen) atoms. The normalized spacial score (nSPS) is 12.4. The van der Waals surface area contributed by atoms with Crippen molar-refractivity contribution in [3.8, 4) is 0 Å². The standard InChI is InChI=1S/C14H16FN3/c1-3-18-14(11-7-16-9-17-8-11)12-5-4-10(2)6-13(12)15/h4-9,14,18H,3H2,1-2H3. The molecule has 94 valence electrons. The molecule has 0 saturated heterocycles. The number of hydrogen-bond acceptors (Lipinski definition) is 3. The summed E-state index contributed by atoms with van der Waals surface area (Å²) in [7, 11) is 0. The second-order valence-corrected chi connectivity index (χ2v) is 4.19. The van der Waals surface area contributed by atoms with Crippen molar-refractivity contribution in [3.05, 3.63) is 59.4 Å². The lowest BCUT2D eigenvalue weighted by Crippen LogP contribution is -2.23. The molecule has 3 nitrogen and oxygen atoms in total. The van der Waals surface area contributed by atoms with Crippen molar-refractivity contribution in [2.45, 2.75) is 19.9 Å². The third-order valence-electron chi connectivity index (χ3n) is 2.79. The van der Waals surface area contributed by atoms with Crippen molar-refractivity contribution in [3.63, 3.8) is 0 Å². The summed E-state index contributed by atoms with van der Waals surface area (Å²) >= 11 is 0. The van der Waals surface area contributed by atoms with E-state index in [1.54, 1.807) is 18.5 Å². The molecule has 0 saturated carbocycles. The van der Waals surface area contributed by atoms with Gasteiger partial charge in [-0.3, -0.25) is 0 Å². The first-order valence-corrected chi connectivity index (χ1v) is 5.96. The van der Waals surface area contributed by atoms with Gasteiger partial charge >= 0.3 is 0 Å². The summed E-state index contributed by atoms with van der Waals surface area (Å²) in [5, 5.41) is 3.26. The van der Waals surface area contributed by atoms with Gasteiger partial charge in [-0.2, -0.15) is 0 Å². The maximum absolute atomic E-state index is 14.0. The monoisotopic (exact) mass is 245 g/mol. The van der Waals surface area contributed by atoms with E-state index in [0.29, 0.717) is 5.56 Å². The van der Waals surface area contributed by atoms with Crippen molar-refractivity contribution in [1.82, 2.24) is 15.3 Å². The molecule has 1 aromatic carbocycles.